The van der Waals surface area contributed by atoms with Crippen LogP contribution in [0, 0.1) is 11.3 Å². The lowest BCUT2D eigenvalue weighted by atomic mass is 9.78. The highest BCUT2D eigenvalue weighted by atomic mass is 15.0. The van der Waals surface area contributed by atoms with Crippen molar-refractivity contribution >= 4 is 0 Å². The summed E-state index contributed by atoms with van der Waals surface area (Å²) in [6.07, 6.45) is 3.17. The second kappa shape index (κ2) is 3.81. The average Bonchev–Trinajstić information content (AvgIpc) is 2.19. The highest BCUT2D eigenvalue weighted by molar-refractivity contribution is 5.18. The third-order valence-corrected chi connectivity index (χ3v) is 2.89. The van der Waals surface area contributed by atoms with Crippen LogP contribution < -0.4 is 5.32 Å². The molecule has 1 aliphatic carbocycles. The largest absolute Gasteiger partial charge is 0.295 e. The Morgan fingerprint density at radius 3 is 2.50 bits per heavy atom. The first-order chi connectivity index (χ1) is 6.85. The van der Waals surface area contributed by atoms with Gasteiger partial charge in [0.25, 0.3) is 0 Å². The van der Waals surface area contributed by atoms with Gasteiger partial charge >= 0.3 is 0 Å². The molecular formula is C12H14N2. The molecule has 0 unspecified atom stereocenters. The van der Waals surface area contributed by atoms with Crippen LogP contribution in [-0.4, -0.2) is 5.54 Å². The minimum absolute atomic E-state index is 0.226. The van der Waals surface area contributed by atoms with E-state index in [1.807, 2.05) is 18.2 Å². The number of nitrogens with one attached hydrogen (secondary N) is 1. The van der Waals surface area contributed by atoms with Gasteiger partial charge in [-0.2, -0.15) is 5.26 Å². The van der Waals surface area contributed by atoms with Crippen molar-refractivity contribution in [3.8, 4) is 6.07 Å². The van der Waals surface area contributed by atoms with Gasteiger partial charge in [0.05, 0.1) is 6.07 Å². The summed E-state index contributed by atoms with van der Waals surface area (Å²) in [5.41, 5.74) is 1.02. The summed E-state index contributed by atoms with van der Waals surface area (Å²) in [5.74, 6) is 0. The first kappa shape index (κ1) is 9.23. The van der Waals surface area contributed by atoms with E-state index in [4.69, 9.17) is 5.26 Å². The van der Waals surface area contributed by atoms with Crippen molar-refractivity contribution < 1.29 is 0 Å². The first-order valence-electron chi connectivity index (χ1n) is 5.05. The molecule has 1 fully saturated rings. The van der Waals surface area contributed by atoms with E-state index in [0.29, 0.717) is 0 Å². The maximum atomic E-state index is 9.00. The zero-order chi connectivity index (χ0) is 9.86. The molecular weight excluding hydrogens is 172 g/mol. The molecule has 0 aromatic heterocycles. The third kappa shape index (κ3) is 1.78. The van der Waals surface area contributed by atoms with Crippen LogP contribution in [0.4, 0.5) is 0 Å². The molecule has 0 atom stereocenters. The van der Waals surface area contributed by atoms with Crippen LogP contribution in [0.5, 0.6) is 0 Å². The zero-order valence-electron chi connectivity index (χ0n) is 8.16. The average molecular weight is 186 g/mol. The van der Waals surface area contributed by atoms with E-state index < -0.39 is 0 Å². The Labute approximate surface area is 84.6 Å². The Hall–Kier alpha value is -1.33. The predicted molar refractivity (Wildman–Crippen MR) is 55.5 cm³/mol. The van der Waals surface area contributed by atoms with E-state index >= 15 is 0 Å². The number of nitriles is 1. The van der Waals surface area contributed by atoms with Crippen molar-refractivity contribution in [3.05, 3.63) is 35.9 Å². The fourth-order valence-corrected chi connectivity index (χ4v) is 1.73. The van der Waals surface area contributed by atoms with Gasteiger partial charge in [-0.15, -0.1) is 0 Å². The van der Waals surface area contributed by atoms with E-state index in [1.165, 1.54) is 12.0 Å². The van der Waals surface area contributed by atoms with Gasteiger partial charge in [-0.1, -0.05) is 30.3 Å². The van der Waals surface area contributed by atoms with Crippen LogP contribution in [-0.2, 0) is 6.54 Å². The minimum Gasteiger partial charge on any atom is -0.295 e. The molecule has 0 bridgehead atoms. The number of nitrogens with zero attached hydrogens (tertiary/aromatic N) is 1. The maximum Gasteiger partial charge on any atom is 0.107 e. The van der Waals surface area contributed by atoms with E-state index in [0.717, 1.165) is 19.4 Å². The second-order valence-corrected chi connectivity index (χ2v) is 3.89. The Morgan fingerprint density at radius 2 is 2.00 bits per heavy atom. The van der Waals surface area contributed by atoms with Crippen molar-refractivity contribution in [1.29, 1.82) is 5.26 Å². The lowest BCUT2D eigenvalue weighted by Crippen LogP contribution is -2.49. The molecule has 2 nitrogen and oxygen atoms in total. The van der Waals surface area contributed by atoms with Gasteiger partial charge < -0.3 is 0 Å². The Bertz CT molecular complexity index is 333. The summed E-state index contributed by atoms with van der Waals surface area (Å²) in [6.45, 7) is 0.800. The first-order valence-corrected chi connectivity index (χ1v) is 5.05. The van der Waals surface area contributed by atoms with E-state index in [2.05, 4.69) is 23.5 Å². The smallest absolute Gasteiger partial charge is 0.107 e. The van der Waals surface area contributed by atoms with Crippen LogP contribution in [0.3, 0.4) is 0 Å². The Kier molecular flexibility index (Phi) is 2.51. The van der Waals surface area contributed by atoms with E-state index in [9.17, 15) is 0 Å². The van der Waals surface area contributed by atoms with Crippen molar-refractivity contribution in [2.75, 3.05) is 0 Å². The van der Waals surface area contributed by atoms with Gasteiger partial charge in [0.1, 0.15) is 5.54 Å². The fraction of sp³-hybridized carbons (Fsp3) is 0.417. The molecule has 0 saturated heterocycles. The van der Waals surface area contributed by atoms with E-state index in [-0.39, 0.29) is 5.54 Å². The molecule has 1 aromatic rings. The topological polar surface area (TPSA) is 35.8 Å². The molecule has 0 aliphatic heterocycles. The second-order valence-electron chi connectivity index (χ2n) is 3.89. The zero-order valence-corrected chi connectivity index (χ0v) is 8.16. The normalized spacial score (nSPS) is 18.2. The lowest BCUT2D eigenvalue weighted by molar-refractivity contribution is 0.253. The molecule has 1 aromatic carbocycles. The molecule has 14 heavy (non-hydrogen) atoms. The number of rotatable bonds is 3. The predicted octanol–water partition coefficient (Wildman–Crippen LogP) is 2.22. The van der Waals surface area contributed by atoms with E-state index in [1.54, 1.807) is 0 Å². The van der Waals surface area contributed by atoms with Crippen molar-refractivity contribution in [2.24, 2.45) is 0 Å². The quantitative estimate of drug-likeness (QED) is 0.785. The monoisotopic (exact) mass is 186 g/mol. The highest BCUT2D eigenvalue weighted by Crippen LogP contribution is 2.31. The number of hydrogen-bond donors (Lipinski definition) is 1. The molecule has 1 N–H and O–H groups in total. The molecule has 1 aliphatic rings. The summed E-state index contributed by atoms with van der Waals surface area (Å²) in [6, 6.07) is 12.6. The molecule has 1 saturated carbocycles. The minimum atomic E-state index is -0.226. The summed E-state index contributed by atoms with van der Waals surface area (Å²) in [4.78, 5) is 0. The summed E-state index contributed by atoms with van der Waals surface area (Å²) < 4.78 is 0. The summed E-state index contributed by atoms with van der Waals surface area (Å²) in [5, 5.41) is 12.3. The van der Waals surface area contributed by atoms with Gasteiger partial charge in [-0.3, -0.25) is 5.32 Å². The van der Waals surface area contributed by atoms with Crippen LogP contribution in [0.2, 0.25) is 0 Å². The Morgan fingerprint density at radius 1 is 1.29 bits per heavy atom. The van der Waals surface area contributed by atoms with Gasteiger partial charge in [-0.05, 0) is 24.8 Å². The van der Waals surface area contributed by atoms with Gasteiger partial charge in [-0.25, -0.2) is 0 Å². The molecule has 0 amide bonds. The maximum absolute atomic E-state index is 9.00. The molecule has 2 heteroatoms. The van der Waals surface area contributed by atoms with Gasteiger partial charge in [0, 0.05) is 6.54 Å². The van der Waals surface area contributed by atoms with Crippen molar-refractivity contribution in [3.63, 3.8) is 0 Å². The third-order valence-electron chi connectivity index (χ3n) is 2.89. The van der Waals surface area contributed by atoms with Crippen LogP contribution in [0.1, 0.15) is 24.8 Å². The molecule has 72 valence electrons. The van der Waals surface area contributed by atoms with Gasteiger partial charge in [0.15, 0.2) is 0 Å². The lowest BCUT2D eigenvalue weighted by Gasteiger charge is -2.36. The van der Waals surface area contributed by atoms with Crippen molar-refractivity contribution in [1.82, 2.24) is 5.32 Å². The number of hydrogen-bond acceptors (Lipinski definition) is 2. The van der Waals surface area contributed by atoms with Crippen LogP contribution >= 0.6 is 0 Å². The van der Waals surface area contributed by atoms with Gasteiger partial charge in [0.2, 0.25) is 0 Å². The molecule has 0 radical (unpaired) electrons. The molecule has 0 heterocycles. The SMILES string of the molecule is N#CC1(NCc2ccccc2)CCC1. The van der Waals surface area contributed by atoms with Crippen molar-refractivity contribution in [2.45, 2.75) is 31.3 Å². The standard InChI is InChI=1S/C12H14N2/c13-10-12(7-4-8-12)14-9-11-5-2-1-3-6-11/h1-3,5-6,14H,4,7-9H2. The van der Waals surface area contributed by atoms with Crippen LogP contribution in [0.15, 0.2) is 30.3 Å². The van der Waals surface area contributed by atoms with Crippen LogP contribution in [0.25, 0.3) is 0 Å². The summed E-state index contributed by atoms with van der Waals surface area (Å²) in [7, 11) is 0. The Balaban J connectivity index is 1.92. The number of benzene rings is 1. The molecule has 2 rings (SSSR count). The summed E-state index contributed by atoms with van der Waals surface area (Å²) >= 11 is 0. The molecule has 0 spiro atoms. The highest BCUT2D eigenvalue weighted by Gasteiger charge is 2.36. The fourth-order valence-electron chi connectivity index (χ4n) is 1.73.